The lowest BCUT2D eigenvalue weighted by molar-refractivity contribution is 0.110. The number of hydrogen-bond donors (Lipinski definition) is 2. The summed E-state index contributed by atoms with van der Waals surface area (Å²) in [6, 6.07) is 10.3. The second-order valence-electron chi connectivity index (χ2n) is 4.60. The van der Waals surface area contributed by atoms with Gasteiger partial charge in [0.15, 0.2) is 0 Å². The molecule has 0 aliphatic rings. The summed E-state index contributed by atoms with van der Waals surface area (Å²) in [5.41, 5.74) is 6.92. The fraction of sp³-hybridized carbons (Fsp3) is 0.571. The number of benzene rings is 1. The summed E-state index contributed by atoms with van der Waals surface area (Å²) in [6.45, 7) is 2.14. The van der Waals surface area contributed by atoms with E-state index in [4.69, 9.17) is 19.0 Å². The van der Waals surface area contributed by atoms with E-state index in [1.54, 1.807) is 21.3 Å². The standard InChI is InChI=1S/C14H26N2O3Si/c1-17-20(18-2,19-3)14(12-16-10-9-15)11-13-7-5-4-6-8-13/h4-8,14,16H,9-12,15H2,1-3H3/t14-/m0/s1. The summed E-state index contributed by atoms with van der Waals surface area (Å²) in [7, 11) is 2.28. The van der Waals surface area contributed by atoms with E-state index in [9.17, 15) is 0 Å². The topological polar surface area (TPSA) is 65.7 Å². The molecular formula is C14H26N2O3Si. The Morgan fingerprint density at radius 3 is 2.20 bits per heavy atom. The first-order valence-corrected chi connectivity index (χ1v) is 8.62. The Hall–Kier alpha value is -0.763. The smallest absolute Gasteiger partial charge is 0.377 e. The molecule has 114 valence electrons. The molecule has 1 atom stereocenters. The Morgan fingerprint density at radius 2 is 1.70 bits per heavy atom. The van der Waals surface area contributed by atoms with Gasteiger partial charge in [-0.25, -0.2) is 0 Å². The maximum atomic E-state index is 5.62. The minimum atomic E-state index is -2.68. The Morgan fingerprint density at radius 1 is 1.10 bits per heavy atom. The Bertz CT molecular complexity index is 352. The van der Waals surface area contributed by atoms with Gasteiger partial charge in [0.1, 0.15) is 0 Å². The van der Waals surface area contributed by atoms with Gasteiger partial charge in [0, 0.05) is 46.5 Å². The van der Waals surface area contributed by atoms with Crippen LogP contribution >= 0.6 is 0 Å². The second kappa shape index (κ2) is 9.22. The minimum Gasteiger partial charge on any atom is -0.377 e. The summed E-state index contributed by atoms with van der Waals surface area (Å²) in [4.78, 5) is 0. The number of rotatable bonds is 10. The van der Waals surface area contributed by atoms with Crippen molar-refractivity contribution in [1.29, 1.82) is 0 Å². The zero-order valence-electron chi connectivity index (χ0n) is 12.6. The number of nitrogens with one attached hydrogen (secondary N) is 1. The average molecular weight is 298 g/mol. The highest BCUT2D eigenvalue weighted by Gasteiger charge is 2.46. The molecule has 6 heteroatoms. The van der Waals surface area contributed by atoms with Crippen LogP contribution in [0.4, 0.5) is 0 Å². The zero-order valence-corrected chi connectivity index (χ0v) is 13.6. The summed E-state index contributed by atoms with van der Waals surface area (Å²) >= 11 is 0. The van der Waals surface area contributed by atoms with Crippen LogP contribution in [0.1, 0.15) is 5.56 Å². The van der Waals surface area contributed by atoms with Crippen molar-refractivity contribution in [3.8, 4) is 0 Å². The largest absolute Gasteiger partial charge is 0.505 e. The molecule has 20 heavy (non-hydrogen) atoms. The molecule has 0 unspecified atom stereocenters. The molecule has 5 nitrogen and oxygen atoms in total. The van der Waals surface area contributed by atoms with E-state index in [1.807, 2.05) is 18.2 Å². The van der Waals surface area contributed by atoms with Crippen molar-refractivity contribution in [2.24, 2.45) is 5.73 Å². The van der Waals surface area contributed by atoms with Gasteiger partial charge in [-0.3, -0.25) is 0 Å². The van der Waals surface area contributed by atoms with Gasteiger partial charge in [-0.1, -0.05) is 30.3 Å². The van der Waals surface area contributed by atoms with Gasteiger partial charge in [-0.15, -0.1) is 0 Å². The van der Waals surface area contributed by atoms with E-state index in [-0.39, 0.29) is 5.54 Å². The van der Waals surface area contributed by atoms with Gasteiger partial charge >= 0.3 is 8.80 Å². The predicted molar refractivity (Wildman–Crippen MR) is 82.6 cm³/mol. The van der Waals surface area contributed by atoms with Gasteiger partial charge in [0.2, 0.25) is 0 Å². The Balaban J connectivity index is 2.83. The highest BCUT2D eigenvalue weighted by molar-refractivity contribution is 6.62. The van der Waals surface area contributed by atoms with Gasteiger partial charge in [-0.2, -0.15) is 0 Å². The van der Waals surface area contributed by atoms with Crippen LogP contribution in [0.15, 0.2) is 30.3 Å². The molecular weight excluding hydrogens is 272 g/mol. The molecule has 0 radical (unpaired) electrons. The van der Waals surface area contributed by atoms with Gasteiger partial charge in [-0.05, 0) is 12.0 Å². The molecule has 0 spiro atoms. The van der Waals surface area contributed by atoms with E-state index >= 15 is 0 Å². The third-order valence-electron chi connectivity index (χ3n) is 3.39. The normalized spacial score (nSPS) is 13.4. The Labute approximate surface area is 122 Å². The summed E-state index contributed by atoms with van der Waals surface area (Å²) in [5, 5.41) is 3.33. The molecule has 0 heterocycles. The molecule has 0 aliphatic carbocycles. The van der Waals surface area contributed by atoms with Crippen molar-refractivity contribution in [2.45, 2.75) is 12.0 Å². The maximum Gasteiger partial charge on any atom is 0.505 e. The van der Waals surface area contributed by atoms with Crippen LogP contribution in [-0.2, 0) is 19.7 Å². The quantitative estimate of drug-likeness (QED) is 0.499. The van der Waals surface area contributed by atoms with E-state index in [2.05, 4.69) is 17.4 Å². The van der Waals surface area contributed by atoms with Crippen molar-refractivity contribution >= 4 is 8.80 Å². The van der Waals surface area contributed by atoms with E-state index < -0.39 is 8.80 Å². The molecule has 0 saturated carbocycles. The van der Waals surface area contributed by atoms with Gasteiger partial charge in [0.05, 0.1) is 0 Å². The van der Waals surface area contributed by atoms with Crippen LogP contribution < -0.4 is 11.1 Å². The maximum absolute atomic E-state index is 5.62. The van der Waals surface area contributed by atoms with Crippen LogP contribution in [-0.4, -0.2) is 49.8 Å². The molecule has 0 aromatic heterocycles. The fourth-order valence-corrected chi connectivity index (χ4v) is 4.73. The highest BCUT2D eigenvalue weighted by atomic mass is 28.4. The van der Waals surface area contributed by atoms with Crippen LogP contribution in [0.5, 0.6) is 0 Å². The first kappa shape index (κ1) is 17.3. The van der Waals surface area contributed by atoms with Crippen LogP contribution in [0.25, 0.3) is 0 Å². The molecule has 0 aliphatic heterocycles. The molecule has 0 bridgehead atoms. The van der Waals surface area contributed by atoms with Crippen LogP contribution in [0, 0.1) is 0 Å². The van der Waals surface area contributed by atoms with Crippen molar-refractivity contribution in [1.82, 2.24) is 5.32 Å². The minimum absolute atomic E-state index is 0.149. The van der Waals surface area contributed by atoms with E-state index in [0.717, 1.165) is 19.5 Å². The summed E-state index contributed by atoms with van der Waals surface area (Å²) < 4.78 is 16.9. The average Bonchev–Trinajstić information content (AvgIpc) is 2.50. The van der Waals surface area contributed by atoms with Crippen LogP contribution in [0.2, 0.25) is 5.54 Å². The monoisotopic (exact) mass is 298 g/mol. The fourth-order valence-electron chi connectivity index (χ4n) is 2.35. The number of nitrogens with two attached hydrogens (primary N) is 1. The van der Waals surface area contributed by atoms with Crippen molar-refractivity contribution in [3.05, 3.63) is 35.9 Å². The molecule has 0 fully saturated rings. The first-order chi connectivity index (χ1) is 9.72. The molecule has 1 aromatic carbocycles. The predicted octanol–water partition coefficient (Wildman–Crippen LogP) is 1.03. The highest BCUT2D eigenvalue weighted by Crippen LogP contribution is 2.27. The van der Waals surface area contributed by atoms with Gasteiger partial charge < -0.3 is 24.3 Å². The first-order valence-electron chi connectivity index (χ1n) is 6.82. The third-order valence-corrected chi connectivity index (χ3v) is 6.51. The van der Waals surface area contributed by atoms with E-state index in [0.29, 0.717) is 6.54 Å². The second-order valence-corrected chi connectivity index (χ2v) is 7.84. The summed E-state index contributed by atoms with van der Waals surface area (Å²) in [5.74, 6) is 0. The van der Waals surface area contributed by atoms with Gasteiger partial charge in [0.25, 0.3) is 0 Å². The van der Waals surface area contributed by atoms with Crippen molar-refractivity contribution in [3.63, 3.8) is 0 Å². The van der Waals surface area contributed by atoms with Crippen LogP contribution in [0.3, 0.4) is 0 Å². The van der Waals surface area contributed by atoms with Crippen molar-refractivity contribution < 1.29 is 13.3 Å². The zero-order chi connectivity index (χ0) is 14.8. The third kappa shape index (κ3) is 4.66. The Kier molecular flexibility index (Phi) is 7.97. The molecule has 1 rings (SSSR count). The van der Waals surface area contributed by atoms with E-state index in [1.165, 1.54) is 5.56 Å². The number of hydrogen-bond acceptors (Lipinski definition) is 5. The lowest BCUT2D eigenvalue weighted by Crippen LogP contribution is -2.51. The SMILES string of the molecule is CO[Si](OC)(OC)[C@H](CNCCN)Cc1ccccc1. The lowest BCUT2D eigenvalue weighted by atomic mass is 10.1. The molecule has 0 saturated heterocycles. The lowest BCUT2D eigenvalue weighted by Gasteiger charge is -2.32. The molecule has 3 N–H and O–H groups in total. The van der Waals surface area contributed by atoms with Crippen molar-refractivity contribution in [2.75, 3.05) is 41.0 Å². The molecule has 0 amide bonds. The molecule has 1 aromatic rings. The summed E-state index contributed by atoms with van der Waals surface area (Å²) in [6.07, 6.45) is 0.847.